The summed E-state index contributed by atoms with van der Waals surface area (Å²) in [7, 11) is 0. The van der Waals surface area contributed by atoms with E-state index in [1.165, 1.54) is 13.9 Å². The van der Waals surface area contributed by atoms with Gasteiger partial charge in [-0.05, 0) is 0 Å². The summed E-state index contributed by atoms with van der Waals surface area (Å²) in [6.07, 6.45) is 0. The van der Waals surface area contributed by atoms with Crippen LogP contribution in [0.4, 0.5) is 0 Å². The number of thiophene rings is 1. The zero-order valence-corrected chi connectivity index (χ0v) is 7.94. The van der Waals surface area contributed by atoms with Crippen molar-refractivity contribution in [2.45, 2.75) is 0 Å². The van der Waals surface area contributed by atoms with Crippen LogP contribution in [0, 0.1) is 0 Å². The first-order valence-electron chi connectivity index (χ1n) is 3.04. The molecule has 0 bridgehead atoms. The van der Waals surface area contributed by atoms with Crippen molar-refractivity contribution in [3.8, 4) is 0 Å². The SMILES string of the molecule is [SeH]c1cc2ccccc2s1. The predicted octanol–water partition coefficient (Wildman–Crippen LogP) is 1.43. The first kappa shape index (κ1) is 6.41. The zero-order chi connectivity index (χ0) is 6.97. The third-order valence-electron chi connectivity index (χ3n) is 1.41. The second-order valence-corrected chi connectivity index (χ2v) is 4.88. The van der Waals surface area contributed by atoms with Gasteiger partial charge in [-0.2, -0.15) is 0 Å². The Labute approximate surface area is 71.7 Å². The maximum absolute atomic E-state index is 2.58. The number of fused-ring (bicyclic) bond motifs is 1. The van der Waals surface area contributed by atoms with Crippen molar-refractivity contribution in [1.29, 1.82) is 0 Å². The molecule has 0 atom stereocenters. The Hall–Kier alpha value is -0.301. The van der Waals surface area contributed by atoms with Crippen LogP contribution in [0.5, 0.6) is 0 Å². The van der Waals surface area contributed by atoms with Gasteiger partial charge in [-0.15, -0.1) is 0 Å². The molecular formula is C8H6SSe. The molecule has 0 radical (unpaired) electrons. The van der Waals surface area contributed by atoms with Gasteiger partial charge >= 0.3 is 71.5 Å². The van der Waals surface area contributed by atoms with Gasteiger partial charge in [0.25, 0.3) is 0 Å². The topological polar surface area (TPSA) is 0 Å². The fourth-order valence-electron chi connectivity index (χ4n) is 0.968. The first-order valence-corrected chi connectivity index (χ1v) is 4.79. The molecule has 2 aromatic rings. The van der Waals surface area contributed by atoms with E-state index in [1.807, 2.05) is 11.3 Å². The Balaban J connectivity index is 2.88. The van der Waals surface area contributed by atoms with Gasteiger partial charge in [-0.1, -0.05) is 0 Å². The molecule has 0 N–H and O–H groups in total. The Bertz CT molecular complexity index is 318. The minimum atomic E-state index is 1.33. The van der Waals surface area contributed by atoms with Crippen LogP contribution in [0.25, 0.3) is 10.1 Å². The molecule has 0 aliphatic heterocycles. The van der Waals surface area contributed by atoms with Gasteiger partial charge in [0.05, 0.1) is 0 Å². The molecule has 0 saturated carbocycles. The number of benzene rings is 1. The molecule has 0 nitrogen and oxygen atoms in total. The third-order valence-corrected chi connectivity index (χ3v) is 3.18. The van der Waals surface area contributed by atoms with E-state index < -0.39 is 0 Å². The summed E-state index contributed by atoms with van der Waals surface area (Å²) >= 11 is 4.40. The van der Waals surface area contributed by atoms with Gasteiger partial charge in [0, 0.05) is 0 Å². The molecule has 10 heavy (non-hydrogen) atoms. The fraction of sp³-hybridized carbons (Fsp3) is 0. The standard InChI is InChI=1S/C8H6SSe/c10-8-5-6-3-1-2-4-7(6)9-8/h1-5,10H. The number of hydrogen-bond acceptors (Lipinski definition) is 1. The summed E-state index contributed by atoms with van der Waals surface area (Å²) < 4.78 is 2.70. The molecule has 50 valence electrons. The van der Waals surface area contributed by atoms with Gasteiger partial charge in [0.1, 0.15) is 0 Å². The van der Waals surface area contributed by atoms with Crippen LogP contribution < -0.4 is 3.78 Å². The van der Waals surface area contributed by atoms with E-state index in [2.05, 4.69) is 46.3 Å². The summed E-state index contributed by atoms with van der Waals surface area (Å²) in [5.74, 6) is 0. The molecule has 0 amide bonds. The molecule has 1 aromatic heterocycles. The third kappa shape index (κ3) is 0.988. The van der Waals surface area contributed by atoms with Crippen LogP contribution in [0.15, 0.2) is 30.3 Å². The van der Waals surface area contributed by atoms with E-state index in [9.17, 15) is 0 Å². The van der Waals surface area contributed by atoms with Crippen molar-refractivity contribution in [2.75, 3.05) is 0 Å². The average molecular weight is 213 g/mol. The summed E-state index contributed by atoms with van der Waals surface area (Å²) in [5.41, 5.74) is 0. The zero-order valence-electron chi connectivity index (χ0n) is 5.24. The average Bonchev–Trinajstić information content (AvgIpc) is 2.27. The molecular weight excluding hydrogens is 207 g/mol. The quantitative estimate of drug-likeness (QED) is 0.581. The van der Waals surface area contributed by atoms with E-state index in [1.54, 1.807) is 0 Å². The second-order valence-electron chi connectivity index (χ2n) is 2.12. The monoisotopic (exact) mass is 214 g/mol. The normalized spacial score (nSPS) is 10.5. The first-order chi connectivity index (χ1) is 4.86. The Morgan fingerprint density at radius 3 is 2.80 bits per heavy atom. The van der Waals surface area contributed by atoms with Crippen LogP contribution in [-0.2, 0) is 0 Å². The van der Waals surface area contributed by atoms with E-state index in [-0.39, 0.29) is 0 Å². The van der Waals surface area contributed by atoms with Gasteiger partial charge < -0.3 is 0 Å². The van der Waals surface area contributed by atoms with Crippen LogP contribution in [-0.4, -0.2) is 16.0 Å². The maximum atomic E-state index is 2.58. The predicted molar refractivity (Wildman–Crippen MR) is 48.6 cm³/mol. The molecule has 2 heteroatoms. The summed E-state index contributed by atoms with van der Waals surface area (Å²) in [6, 6.07) is 10.6. The van der Waals surface area contributed by atoms with Crippen molar-refractivity contribution in [2.24, 2.45) is 0 Å². The minimum absolute atomic E-state index is 1.33. The van der Waals surface area contributed by atoms with E-state index in [4.69, 9.17) is 0 Å². The Kier molecular flexibility index (Phi) is 1.53. The van der Waals surface area contributed by atoms with Crippen LogP contribution >= 0.6 is 11.3 Å². The Morgan fingerprint density at radius 1 is 1.20 bits per heavy atom. The summed E-state index contributed by atoms with van der Waals surface area (Å²) in [5, 5.41) is 1.35. The van der Waals surface area contributed by atoms with Gasteiger partial charge in [-0.3, -0.25) is 0 Å². The fourth-order valence-corrected chi connectivity index (χ4v) is 2.68. The van der Waals surface area contributed by atoms with E-state index in [0.717, 1.165) is 0 Å². The number of rotatable bonds is 0. The van der Waals surface area contributed by atoms with Crippen molar-refractivity contribution < 1.29 is 0 Å². The molecule has 0 unspecified atom stereocenters. The van der Waals surface area contributed by atoms with Gasteiger partial charge in [-0.25, -0.2) is 0 Å². The van der Waals surface area contributed by atoms with Crippen LogP contribution in [0.2, 0.25) is 0 Å². The number of hydrogen-bond donors (Lipinski definition) is 0. The van der Waals surface area contributed by atoms with Crippen LogP contribution in [0.1, 0.15) is 0 Å². The molecule has 0 spiro atoms. The van der Waals surface area contributed by atoms with Gasteiger partial charge in [0.15, 0.2) is 0 Å². The summed E-state index contributed by atoms with van der Waals surface area (Å²) in [4.78, 5) is 0. The molecule has 0 aliphatic rings. The molecule has 1 heterocycles. The summed E-state index contributed by atoms with van der Waals surface area (Å²) in [6.45, 7) is 0. The molecule has 0 fully saturated rings. The van der Waals surface area contributed by atoms with Crippen molar-refractivity contribution in [1.82, 2.24) is 0 Å². The Morgan fingerprint density at radius 2 is 2.00 bits per heavy atom. The van der Waals surface area contributed by atoms with E-state index >= 15 is 0 Å². The molecule has 2 rings (SSSR count). The van der Waals surface area contributed by atoms with Crippen molar-refractivity contribution in [3.63, 3.8) is 0 Å². The van der Waals surface area contributed by atoms with E-state index in [0.29, 0.717) is 0 Å². The molecule has 0 aliphatic carbocycles. The molecule has 1 aromatic carbocycles. The van der Waals surface area contributed by atoms with Crippen molar-refractivity contribution in [3.05, 3.63) is 30.3 Å². The van der Waals surface area contributed by atoms with Crippen LogP contribution in [0.3, 0.4) is 0 Å². The molecule has 0 saturated heterocycles. The second kappa shape index (κ2) is 2.39. The van der Waals surface area contributed by atoms with Crippen molar-refractivity contribution >= 4 is 41.2 Å². The van der Waals surface area contributed by atoms with Gasteiger partial charge in [0.2, 0.25) is 0 Å².